The van der Waals surface area contributed by atoms with Crippen molar-refractivity contribution >= 4 is 0 Å². The molecule has 2 fully saturated rings. The third-order valence-corrected chi connectivity index (χ3v) is 3.75. The minimum atomic E-state index is -0.158. The first-order valence-corrected chi connectivity index (χ1v) is 6.39. The van der Waals surface area contributed by atoms with Crippen molar-refractivity contribution < 1.29 is 9.13 Å². The fraction of sp³-hybridized carbons (Fsp3) is 0.571. The van der Waals surface area contributed by atoms with Crippen LogP contribution in [0.2, 0.25) is 0 Å². The molecule has 0 amide bonds. The lowest BCUT2D eigenvalue weighted by atomic mass is 10.1. The molecule has 92 valence electrons. The predicted molar refractivity (Wildman–Crippen MR) is 64.1 cm³/mol. The summed E-state index contributed by atoms with van der Waals surface area (Å²) in [5.41, 5.74) is 1.19. The van der Waals surface area contributed by atoms with E-state index >= 15 is 0 Å². The molecule has 3 rings (SSSR count). The lowest BCUT2D eigenvalue weighted by Gasteiger charge is -2.35. The summed E-state index contributed by atoms with van der Waals surface area (Å²) in [6.07, 6.45) is 2.68. The maximum Gasteiger partial charge on any atom is 0.123 e. The van der Waals surface area contributed by atoms with Crippen molar-refractivity contribution in [3.63, 3.8) is 0 Å². The normalized spacial score (nSPS) is 26.1. The van der Waals surface area contributed by atoms with E-state index in [0.717, 1.165) is 32.2 Å². The monoisotopic (exact) mass is 235 g/mol. The van der Waals surface area contributed by atoms with Gasteiger partial charge in [0.25, 0.3) is 0 Å². The minimum absolute atomic E-state index is 0.158. The fourth-order valence-corrected chi connectivity index (χ4v) is 2.59. The number of nitrogens with zero attached hydrogens (tertiary/aromatic N) is 1. The van der Waals surface area contributed by atoms with E-state index in [1.165, 1.54) is 18.4 Å². The van der Waals surface area contributed by atoms with Gasteiger partial charge in [0.2, 0.25) is 0 Å². The molecule has 1 aromatic carbocycles. The van der Waals surface area contributed by atoms with Crippen molar-refractivity contribution in [2.45, 2.75) is 25.4 Å². The lowest BCUT2D eigenvalue weighted by Crippen LogP contribution is -2.46. The van der Waals surface area contributed by atoms with Gasteiger partial charge in [-0.25, -0.2) is 4.39 Å². The summed E-state index contributed by atoms with van der Waals surface area (Å²) in [4.78, 5) is 2.49. The van der Waals surface area contributed by atoms with Crippen LogP contribution in [0.4, 0.5) is 4.39 Å². The van der Waals surface area contributed by atoms with Gasteiger partial charge in [-0.05, 0) is 36.5 Å². The number of ether oxygens (including phenoxy) is 1. The highest BCUT2D eigenvalue weighted by Gasteiger charge is 2.36. The van der Waals surface area contributed by atoms with Crippen LogP contribution in [0.15, 0.2) is 24.3 Å². The Labute approximate surface area is 101 Å². The number of halogens is 1. The van der Waals surface area contributed by atoms with E-state index in [4.69, 9.17) is 4.74 Å². The Morgan fingerprint density at radius 2 is 2.00 bits per heavy atom. The summed E-state index contributed by atoms with van der Waals surface area (Å²) in [5.74, 6) is 0.671. The summed E-state index contributed by atoms with van der Waals surface area (Å²) < 4.78 is 18.4. The van der Waals surface area contributed by atoms with E-state index in [9.17, 15) is 4.39 Å². The molecular weight excluding hydrogens is 217 g/mol. The van der Waals surface area contributed by atoms with Crippen LogP contribution in [0.3, 0.4) is 0 Å². The molecule has 1 heterocycles. The molecule has 0 bridgehead atoms. The highest BCUT2D eigenvalue weighted by Crippen LogP contribution is 2.36. The van der Waals surface area contributed by atoms with Crippen LogP contribution in [0.1, 0.15) is 18.4 Å². The first-order chi connectivity index (χ1) is 8.33. The quantitative estimate of drug-likeness (QED) is 0.798. The van der Waals surface area contributed by atoms with Crippen molar-refractivity contribution in [3.8, 4) is 0 Å². The largest absolute Gasteiger partial charge is 0.378 e. The Morgan fingerprint density at radius 3 is 2.71 bits per heavy atom. The van der Waals surface area contributed by atoms with Crippen LogP contribution >= 0.6 is 0 Å². The summed E-state index contributed by atoms with van der Waals surface area (Å²) in [5, 5.41) is 0. The Kier molecular flexibility index (Phi) is 3.12. The van der Waals surface area contributed by atoms with Crippen LogP contribution in [0.25, 0.3) is 0 Å². The van der Waals surface area contributed by atoms with Gasteiger partial charge in [0.1, 0.15) is 5.82 Å². The highest BCUT2D eigenvalue weighted by molar-refractivity contribution is 5.16. The van der Waals surface area contributed by atoms with E-state index in [-0.39, 0.29) is 5.82 Å². The molecule has 0 spiro atoms. The van der Waals surface area contributed by atoms with E-state index in [1.807, 2.05) is 12.1 Å². The Balaban J connectivity index is 1.67. The Morgan fingerprint density at radius 1 is 1.24 bits per heavy atom. The summed E-state index contributed by atoms with van der Waals surface area (Å²) in [7, 11) is 0. The third kappa shape index (κ3) is 2.67. The first kappa shape index (κ1) is 11.2. The standard InChI is InChI=1S/C14H18FNO/c15-13-5-1-11(2-6-13)9-16-7-8-17-10-14(16)12-3-4-12/h1-2,5-6,12,14H,3-4,7-10H2. The van der Waals surface area contributed by atoms with E-state index in [1.54, 1.807) is 12.1 Å². The molecule has 1 saturated carbocycles. The smallest absolute Gasteiger partial charge is 0.123 e. The van der Waals surface area contributed by atoms with Gasteiger partial charge in [-0.3, -0.25) is 4.90 Å². The van der Waals surface area contributed by atoms with Crippen molar-refractivity contribution in [1.82, 2.24) is 4.90 Å². The molecule has 1 saturated heterocycles. The van der Waals surface area contributed by atoms with Gasteiger partial charge in [0.15, 0.2) is 0 Å². The van der Waals surface area contributed by atoms with E-state index < -0.39 is 0 Å². The van der Waals surface area contributed by atoms with Crippen LogP contribution in [-0.4, -0.2) is 30.7 Å². The van der Waals surface area contributed by atoms with Gasteiger partial charge in [0.05, 0.1) is 13.2 Å². The van der Waals surface area contributed by atoms with Crippen molar-refractivity contribution in [2.24, 2.45) is 5.92 Å². The molecule has 1 aliphatic carbocycles. The molecule has 1 atom stereocenters. The second-order valence-corrected chi connectivity index (χ2v) is 5.08. The lowest BCUT2D eigenvalue weighted by molar-refractivity contribution is -0.0198. The maximum atomic E-state index is 12.8. The molecule has 0 aromatic heterocycles. The molecular formula is C14H18FNO. The molecule has 0 radical (unpaired) electrons. The average molecular weight is 235 g/mol. The summed E-state index contributed by atoms with van der Waals surface area (Å²) in [6.45, 7) is 3.61. The Bertz CT molecular complexity index is 374. The number of morpholine rings is 1. The molecule has 1 aliphatic heterocycles. The topological polar surface area (TPSA) is 12.5 Å². The summed E-state index contributed by atoms with van der Waals surface area (Å²) >= 11 is 0. The zero-order chi connectivity index (χ0) is 11.7. The molecule has 2 nitrogen and oxygen atoms in total. The molecule has 17 heavy (non-hydrogen) atoms. The third-order valence-electron chi connectivity index (χ3n) is 3.75. The predicted octanol–water partition coefficient (Wildman–Crippen LogP) is 2.44. The molecule has 2 aliphatic rings. The van der Waals surface area contributed by atoms with Gasteiger partial charge in [-0.15, -0.1) is 0 Å². The maximum absolute atomic E-state index is 12.8. The number of benzene rings is 1. The van der Waals surface area contributed by atoms with Gasteiger partial charge in [0, 0.05) is 19.1 Å². The number of hydrogen-bond donors (Lipinski definition) is 0. The van der Waals surface area contributed by atoms with Gasteiger partial charge in [-0.2, -0.15) is 0 Å². The zero-order valence-electron chi connectivity index (χ0n) is 9.94. The number of rotatable bonds is 3. The SMILES string of the molecule is Fc1ccc(CN2CCOCC2C2CC2)cc1. The van der Waals surface area contributed by atoms with Crippen LogP contribution in [-0.2, 0) is 11.3 Å². The van der Waals surface area contributed by atoms with Crippen LogP contribution in [0.5, 0.6) is 0 Å². The first-order valence-electron chi connectivity index (χ1n) is 6.39. The van der Waals surface area contributed by atoms with Crippen LogP contribution < -0.4 is 0 Å². The van der Waals surface area contributed by atoms with Gasteiger partial charge in [-0.1, -0.05) is 12.1 Å². The van der Waals surface area contributed by atoms with Gasteiger partial charge >= 0.3 is 0 Å². The fourth-order valence-electron chi connectivity index (χ4n) is 2.59. The Hall–Kier alpha value is -0.930. The van der Waals surface area contributed by atoms with Crippen molar-refractivity contribution in [1.29, 1.82) is 0 Å². The van der Waals surface area contributed by atoms with E-state index in [0.29, 0.717) is 6.04 Å². The van der Waals surface area contributed by atoms with Crippen molar-refractivity contribution in [2.75, 3.05) is 19.8 Å². The molecule has 1 unspecified atom stereocenters. The van der Waals surface area contributed by atoms with Crippen molar-refractivity contribution in [3.05, 3.63) is 35.6 Å². The zero-order valence-corrected chi connectivity index (χ0v) is 9.94. The minimum Gasteiger partial charge on any atom is -0.378 e. The second-order valence-electron chi connectivity index (χ2n) is 5.08. The molecule has 0 N–H and O–H groups in total. The number of hydrogen-bond acceptors (Lipinski definition) is 2. The van der Waals surface area contributed by atoms with Crippen LogP contribution in [0, 0.1) is 11.7 Å². The molecule has 3 heteroatoms. The summed E-state index contributed by atoms with van der Waals surface area (Å²) in [6, 6.07) is 7.43. The average Bonchev–Trinajstić information content (AvgIpc) is 3.17. The van der Waals surface area contributed by atoms with Gasteiger partial charge < -0.3 is 4.74 Å². The second kappa shape index (κ2) is 4.75. The van der Waals surface area contributed by atoms with E-state index in [2.05, 4.69) is 4.90 Å². The highest BCUT2D eigenvalue weighted by atomic mass is 19.1. The molecule has 1 aromatic rings.